The molecule has 0 unspecified atom stereocenters. The summed E-state index contributed by atoms with van der Waals surface area (Å²) in [5, 5.41) is 8.56. The topological polar surface area (TPSA) is 50.7 Å². The molecule has 0 amide bonds. The Labute approximate surface area is 129 Å². The number of thiophene rings is 1. The lowest BCUT2D eigenvalue weighted by atomic mass is 10.3. The molecule has 104 valence electrons. The van der Waals surface area contributed by atoms with Crippen LogP contribution < -0.4 is 5.32 Å². The van der Waals surface area contributed by atoms with Gasteiger partial charge in [0.15, 0.2) is 0 Å². The third-order valence-corrected chi connectivity index (χ3v) is 5.42. The first-order chi connectivity index (χ1) is 9.86. The molecule has 0 atom stereocenters. The SMILES string of the molecule is CCCNc1nc(CSc2nccs2)nc2sccc12. The monoisotopic (exact) mass is 322 g/mol. The minimum absolute atomic E-state index is 0.752. The highest BCUT2D eigenvalue weighted by molar-refractivity contribution is 8.00. The van der Waals surface area contributed by atoms with Crippen LogP contribution in [0.3, 0.4) is 0 Å². The molecule has 0 aliphatic rings. The van der Waals surface area contributed by atoms with Crippen LogP contribution in [0.1, 0.15) is 19.2 Å². The molecule has 0 bridgehead atoms. The number of nitrogens with one attached hydrogen (secondary N) is 1. The molecule has 0 spiro atoms. The number of fused-ring (bicyclic) bond motifs is 1. The molecule has 0 saturated heterocycles. The maximum atomic E-state index is 4.65. The van der Waals surface area contributed by atoms with Crippen molar-refractivity contribution < 1.29 is 0 Å². The van der Waals surface area contributed by atoms with Crippen LogP contribution in [0.5, 0.6) is 0 Å². The molecule has 3 aromatic rings. The normalized spacial score (nSPS) is 11.1. The van der Waals surface area contributed by atoms with E-state index in [1.807, 2.05) is 11.6 Å². The van der Waals surface area contributed by atoms with Crippen LogP contribution in [0, 0.1) is 0 Å². The molecule has 4 nitrogen and oxygen atoms in total. The zero-order valence-corrected chi connectivity index (χ0v) is 13.4. The van der Waals surface area contributed by atoms with Crippen molar-refractivity contribution in [3.05, 3.63) is 28.8 Å². The number of hydrogen-bond donors (Lipinski definition) is 1. The standard InChI is InChI=1S/C13H14N4S3/c1-2-4-14-11-9-3-6-18-12(9)17-10(16-11)8-20-13-15-5-7-19-13/h3,5-7H,2,4,8H2,1H3,(H,14,16,17). The van der Waals surface area contributed by atoms with Crippen molar-refractivity contribution in [2.24, 2.45) is 0 Å². The van der Waals surface area contributed by atoms with Gasteiger partial charge in [0.1, 0.15) is 20.8 Å². The van der Waals surface area contributed by atoms with Crippen LogP contribution >= 0.6 is 34.4 Å². The van der Waals surface area contributed by atoms with Gasteiger partial charge in [0.2, 0.25) is 0 Å². The summed E-state index contributed by atoms with van der Waals surface area (Å²) < 4.78 is 1.06. The number of hydrogen-bond acceptors (Lipinski definition) is 7. The van der Waals surface area contributed by atoms with E-state index in [2.05, 4.69) is 38.6 Å². The van der Waals surface area contributed by atoms with Crippen molar-refractivity contribution >= 4 is 50.5 Å². The van der Waals surface area contributed by atoms with Gasteiger partial charge in [0.05, 0.1) is 11.1 Å². The summed E-state index contributed by atoms with van der Waals surface area (Å²) in [6.07, 6.45) is 2.91. The van der Waals surface area contributed by atoms with E-state index in [0.717, 1.165) is 44.9 Å². The molecule has 0 aliphatic carbocycles. The van der Waals surface area contributed by atoms with E-state index in [1.165, 1.54) is 0 Å². The second kappa shape index (κ2) is 6.51. The van der Waals surface area contributed by atoms with Crippen molar-refractivity contribution in [1.29, 1.82) is 0 Å². The zero-order chi connectivity index (χ0) is 13.8. The number of nitrogens with zero attached hydrogens (tertiary/aromatic N) is 3. The molecule has 20 heavy (non-hydrogen) atoms. The van der Waals surface area contributed by atoms with E-state index in [1.54, 1.807) is 34.4 Å². The fourth-order valence-corrected chi connectivity index (χ4v) is 4.03. The molecule has 0 aromatic carbocycles. The Hall–Kier alpha value is -1.18. The summed E-state index contributed by atoms with van der Waals surface area (Å²) >= 11 is 4.99. The summed E-state index contributed by atoms with van der Waals surface area (Å²) in [4.78, 5) is 14.6. The lowest BCUT2D eigenvalue weighted by molar-refractivity contribution is 0.961. The molecule has 0 saturated carbocycles. The first kappa shape index (κ1) is 13.8. The molecule has 3 aromatic heterocycles. The summed E-state index contributed by atoms with van der Waals surface area (Å²) in [5.74, 6) is 2.56. The molecular formula is C13H14N4S3. The highest BCUT2D eigenvalue weighted by Gasteiger charge is 2.09. The lowest BCUT2D eigenvalue weighted by Crippen LogP contribution is -2.05. The van der Waals surface area contributed by atoms with Crippen molar-refractivity contribution in [3.8, 4) is 0 Å². The number of thiazole rings is 1. The van der Waals surface area contributed by atoms with Gasteiger partial charge in [0.25, 0.3) is 0 Å². The lowest BCUT2D eigenvalue weighted by Gasteiger charge is -2.07. The maximum Gasteiger partial charge on any atom is 0.150 e. The quantitative estimate of drug-likeness (QED) is 0.687. The van der Waals surface area contributed by atoms with Crippen LogP contribution in [0.15, 0.2) is 27.4 Å². The fourth-order valence-electron chi connectivity index (χ4n) is 1.75. The molecule has 3 rings (SSSR count). The van der Waals surface area contributed by atoms with E-state index in [9.17, 15) is 0 Å². The minimum atomic E-state index is 0.752. The highest BCUT2D eigenvalue weighted by Crippen LogP contribution is 2.28. The Morgan fingerprint density at radius 2 is 2.20 bits per heavy atom. The largest absolute Gasteiger partial charge is 0.369 e. The van der Waals surface area contributed by atoms with Gasteiger partial charge in [-0.25, -0.2) is 15.0 Å². The van der Waals surface area contributed by atoms with E-state index in [0.29, 0.717) is 0 Å². The molecule has 1 N–H and O–H groups in total. The zero-order valence-electron chi connectivity index (χ0n) is 11.0. The molecule has 3 heterocycles. The second-order valence-electron chi connectivity index (χ2n) is 4.14. The van der Waals surface area contributed by atoms with Crippen molar-refractivity contribution in [2.75, 3.05) is 11.9 Å². The minimum Gasteiger partial charge on any atom is -0.369 e. The maximum absolute atomic E-state index is 4.65. The van der Waals surface area contributed by atoms with Gasteiger partial charge in [-0.05, 0) is 17.9 Å². The summed E-state index contributed by atoms with van der Waals surface area (Å²) in [6.45, 7) is 3.08. The first-order valence-corrected chi connectivity index (χ1v) is 9.11. The Bertz CT molecular complexity index is 678. The Morgan fingerprint density at radius 1 is 1.25 bits per heavy atom. The summed E-state index contributed by atoms with van der Waals surface area (Å²) in [6, 6.07) is 2.08. The van der Waals surface area contributed by atoms with Gasteiger partial charge in [-0.2, -0.15) is 0 Å². The average Bonchev–Trinajstić information content (AvgIpc) is 3.13. The van der Waals surface area contributed by atoms with E-state index >= 15 is 0 Å². The third-order valence-electron chi connectivity index (χ3n) is 2.65. The van der Waals surface area contributed by atoms with Gasteiger partial charge in [-0.3, -0.25) is 0 Å². The molecular weight excluding hydrogens is 308 g/mol. The first-order valence-electron chi connectivity index (χ1n) is 6.37. The molecule has 7 heteroatoms. The van der Waals surface area contributed by atoms with Crippen LogP contribution in [0.4, 0.5) is 5.82 Å². The Morgan fingerprint density at radius 3 is 3.00 bits per heavy atom. The highest BCUT2D eigenvalue weighted by atomic mass is 32.2. The Balaban J connectivity index is 1.83. The fraction of sp³-hybridized carbons (Fsp3) is 0.308. The predicted molar refractivity (Wildman–Crippen MR) is 87.9 cm³/mol. The second-order valence-corrected chi connectivity index (χ2v) is 7.15. The number of thioether (sulfide) groups is 1. The van der Waals surface area contributed by atoms with Crippen molar-refractivity contribution in [1.82, 2.24) is 15.0 Å². The van der Waals surface area contributed by atoms with Crippen LogP contribution in [0.25, 0.3) is 10.2 Å². The average molecular weight is 322 g/mol. The van der Waals surface area contributed by atoms with Gasteiger partial charge in [0, 0.05) is 18.1 Å². The van der Waals surface area contributed by atoms with E-state index in [4.69, 9.17) is 0 Å². The molecule has 0 radical (unpaired) electrons. The number of anilines is 1. The molecule has 0 fully saturated rings. The number of aromatic nitrogens is 3. The van der Waals surface area contributed by atoms with E-state index in [-0.39, 0.29) is 0 Å². The smallest absolute Gasteiger partial charge is 0.150 e. The van der Waals surface area contributed by atoms with Gasteiger partial charge >= 0.3 is 0 Å². The van der Waals surface area contributed by atoms with Crippen LogP contribution in [-0.4, -0.2) is 21.5 Å². The van der Waals surface area contributed by atoms with Crippen LogP contribution in [0.2, 0.25) is 0 Å². The van der Waals surface area contributed by atoms with Gasteiger partial charge < -0.3 is 5.32 Å². The van der Waals surface area contributed by atoms with Crippen LogP contribution in [-0.2, 0) is 5.75 Å². The number of rotatable bonds is 6. The van der Waals surface area contributed by atoms with Gasteiger partial charge in [-0.1, -0.05) is 18.7 Å². The van der Waals surface area contributed by atoms with E-state index < -0.39 is 0 Å². The van der Waals surface area contributed by atoms with Gasteiger partial charge in [-0.15, -0.1) is 22.7 Å². The van der Waals surface area contributed by atoms with Crippen molar-refractivity contribution in [2.45, 2.75) is 23.4 Å². The predicted octanol–water partition coefficient (Wildman–Crippen LogP) is 4.26. The molecule has 0 aliphatic heterocycles. The third kappa shape index (κ3) is 3.11. The van der Waals surface area contributed by atoms with Crippen molar-refractivity contribution in [3.63, 3.8) is 0 Å². The Kier molecular flexibility index (Phi) is 4.49. The summed E-state index contributed by atoms with van der Waals surface area (Å²) in [7, 11) is 0. The summed E-state index contributed by atoms with van der Waals surface area (Å²) in [5.41, 5.74) is 0.